The second-order valence-electron chi connectivity index (χ2n) is 5.83. The van der Waals surface area contributed by atoms with Gasteiger partial charge in [0.25, 0.3) is 0 Å². The molecule has 2 heteroatoms. The molecule has 1 atom stereocenters. The Morgan fingerprint density at radius 2 is 1.88 bits per heavy atom. The van der Waals surface area contributed by atoms with Crippen molar-refractivity contribution in [2.24, 2.45) is 11.3 Å². The van der Waals surface area contributed by atoms with Crippen LogP contribution in [0.1, 0.15) is 47.0 Å². The molecule has 1 saturated heterocycles. The first-order valence-electron chi connectivity index (χ1n) is 6.96. The van der Waals surface area contributed by atoms with Crippen molar-refractivity contribution in [1.82, 2.24) is 10.2 Å². The minimum absolute atomic E-state index is 0.620. The molecule has 1 aliphatic rings. The van der Waals surface area contributed by atoms with E-state index in [0.29, 0.717) is 11.5 Å². The van der Waals surface area contributed by atoms with E-state index < -0.39 is 0 Å². The molecule has 1 rings (SSSR count). The van der Waals surface area contributed by atoms with Crippen LogP contribution in [0.15, 0.2) is 0 Å². The molecule has 0 aromatic heterocycles. The van der Waals surface area contributed by atoms with E-state index in [-0.39, 0.29) is 0 Å². The average molecular weight is 226 g/mol. The maximum absolute atomic E-state index is 3.45. The molecular weight excluding hydrogens is 196 g/mol. The van der Waals surface area contributed by atoms with E-state index >= 15 is 0 Å². The van der Waals surface area contributed by atoms with Gasteiger partial charge in [0.15, 0.2) is 0 Å². The lowest BCUT2D eigenvalue weighted by Gasteiger charge is -2.29. The zero-order valence-electron chi connectivity index (χ0n) is 11.8. The molecular formula is C14H30N2. The fourth-order valence-electron chi connectivity index (χ4n) is 2.92. The van der Waals surface area contributed by atoms with Crippen LogP contribution < -0.4 is 5.32 Å². The molecule has 1 heterocycles. The second kappa shape index (κ2) is 6.02. The van der Waals surface area contributed by atoms with Crippen molar-refractivity contribution in [2.75, 3.05) is 26.7 Å². The summed E-state index contributed by atoms with van der Waals surface area (Å²) in [5, 5.41) is 3.45. The maximum atomic E-state index is 3.45. The van der Waals surface area contributed by atoms with Crippen molar-refractivity contribution in [3.05, 3.63) is 0 Å². The van der Waals surface area contributed by atoms with Gasteiger partial charge in [0.05, 0.1) is 0 Å². The summed E-state index contributed by atoms with van der Waals surface area (Å²) in [6.07, 6.45) is 4.08. The van der Waals surface area contributed by atoms with Crippen LogP contribution in [0.4, 0.5) is 0 Å². The normalized spacial score (nSPS) is 22.9. The summed E-state index contributed by atoms with van der Waals surface area (Å²) in [7, 11) is 2.09. The first-order chi connectivity index (χ1) is 7.56. The topological polar surface area (TPSA) is 15.3 Å². The molecule has 16 heavy (non-hydrogen) atoms. The summed E-state index contributed by atoms with van der Waals surface area (Å²) in [6.45, 7) is 13.2. The molecule has 0 aromatic carbocycles. The third kappa shape index (κ3) is 3.21. The Balaban J connectivity index is 2.47. The van der Waals surface area contributed by atoms with Gasteiger partial charge in [0.2, 0.25) is 0 Å². The number of rotatable bonds is 6. The lowest BCUT2D eigenvalue weighted by molar-refractivity contribution is 0.213. The van der Waals surface area contributed by atoms with E-state index in [9.17, 15) is 0 Å². The molecule has 1 unspecified atom stereocenters. The molecule has 0 radical (unpaired) electrons. The number of likely N-dealkylation sites (N-methyl/N-ethyl adjacent to an activating group) is 1. The number of nitrogens with one attached hydrogen (secondary N) is 1. The summed E-state index contributed by atoms with van der Waals surface area (Å²) >= 11 is 0. The van der Waals surface area contributed by atoms with Gasteiger partial charge in [-0.15, -0.1) is 0 Å². The monoisotopic (exact) mass is 226 g/mol. The highest BCUT2D eigenvalue weighted by Crippen LogP contribution is 2.36. The van der Waals surface area contributed by atoms with E-state index in [2.05, 4.69) is 45.0 Å². The standard InChI is InChI=1S/C14H30N2/c1-6-14(7-2)8-9-16(11-14)10-13(15-5)12(3)4/h12-13,15H,6-11H2,1-5H3. The van der Waals surface area contributed by atoms with Crippen molar-refractivity contribution in [2.45, 2.75) is 53.0 Å². The largest absolute Gasteiger partial charge is 0.315 e. The summed E-state index contributed by atoms with van der Waals surface area (Å²) in [6, 6.07) is 0.643. The highest BCUT2D eigenvalue weighted by molar-refractivity contribution is 4.89. The summed E-state index contributed by atoms with van der Waals surface area (Å²) < 4.78 is 0. The van der Waals surface area contributed by atoms with Crippen LogP contribution in [0.2, 0.25) is 0 Å². The zero-order valence-corrected chi connectivity index (χ0v) is 11.8. The van der Waals surface area contributed by atoms with Crippen LogP contribution >= 0.6 is 0 Å². The Bertz CT molecular complexity index is 197. The van der Waals surface area contributed by atoms with E-state index in [1.165, 1.54) is 38.9 Å². The Kier molecular flexibility index (Phi) is 5.26. The Morgan fingerprint density at radius 3 is 2.25 bits per heavy atom. The molecule has 2 nitrogen and oxygen atoms in total. The van der Waals surface area contributed by atoms with Gasteiger partial charge in [-0.05, 0) is 44.2 Å². The SMILES string of the molecule is CCC1(CC)CCN(CC(NC)C(C)C)C1. The fourth-order valence-corrected chi connectivity index (χ4v) is 2.92. The molecule has 0 bridgehead atoms. The summed E-state index contributed by atoms with van der Waals surface area (Å²) in [5.41, 5.74) is 0.620. The van der Waals surface area contributed by atoms with Gasteiger partial charge in [-0.2, -0.15) is 0 Å². The Labute approximate surface area is 102 Å². The molecule has 0 aliphatic carbocycles. The summed E-state index contributed by atoms with van der Waals surface area (Å²) in [4.78, 5) is 2.66. The van der Waals surface area contributed by atoms with Crippen molar-refractivity contribution >= 4 is 0 Å². The van der Waals surface area contributed by atoms with Gasteiger partial charge in [-0.3, -0.25) is 0 Å². The molecule has 1 fully saturated rings. The van der Waals surface area contributed by atoms with Gasteiger partial charge < -0.3 is 10.2 Å². The predicted molar refractivity (Wildman–Crippen MR) is 71.8 cm³/mol. The molecule has 0 saturated carbocycles. The van der Waals surface area contributed by atoms with Gasteiger partial charge in [0, 0.05) is 19.1 Å². The van der Waals surface area contributed by atoms with E-state index in [1.54, 1.807) is 0 Å². The van der Waals surface area contributed by atoms with E-state index in [0.717, 1.165) is 5.92 Å². The zero-order chi connectivity index (χ0) is 12.2. The van der Waals surface area contributed by atoms with Crippen molar-refractivity contribution in [3.8, 4) is 0 Å². The Morgan fingerprint density at radius 1 is 1.25 bits per heavy atom. The lowest BCUT2D eigenvalue weighted by Crippen LogP contribution is -2.42. The fraction of sp³-hybridized carbons (Fsp3) is 1.00. The van der Waals surface area contributed by atoms with Crippen molar-refractivity contribution in [1.29, 1.82) is 0 Å². The average Bonchev–Trinajstić information content (AvgIpc) is 2.69. The number of hydrogen-bond donors (Lipinski definition) is 1. The minimum atomic E-state index is 0.620. The van der Waals surface area contributed by atoms with Crippen LogP contribution in [-0.2, 0) is 0 Å². The van der Waals surface area contributed by atoms with Crippen LogP contribution in [0.25, 0.3) is 0 Å². The third-order valence-electron chi connectivity index (χ3n) is 4.65. The number of likely N-dealkylation sites (tertiary alicyclic amines) is 1. The first-order valence-corrected chi connectivity index (χ1v) is 6.96. The third-order valence-corrected chi connectivity index (χ3v) is 4.65. The van der Waals surface area contributed by atoms with Crippen LogP contribution in [0, 0.1) is 11.3 Å². The van der Waals surface area contributed by atoms with Crippen LogP contribution in [-0.4, -0.2) is 37.6 Å². The molecule has 1 N–H and O–H groups in total. The Hall–Kier alpha value is -0.0800. The van der Waals surface area contributed by atoms with Crippen LogP contribution in [0.5, 0.6) is 0 Å². The molecule has 96 valence electrons. The maximum Gasteiger partial charge on any atom is 0.0214 e. The smallest absolute Gasteiger partial charge is 0.0214 e. The predicted octanol–water partition coefficient (Wildman–Crippen LogP) is 2.74. The summed E-state index contributed by atoms with van der Waals surface area (Å²) in [5.74, 6) is 0.725. The van der Waals surface area contributed by atoms with E-state index in [4.69, 9.17) is 0 Å². The second-order valence-corrected chi connectivity index (χ2v) is 5.83. The molecule has 0 aromatic rings. The highest BCUT2D eigenvalue weighted by atomic mass is 15.2. The molecule has 1 aliphatic heterocycles. The first kappa shape index (κ1) is 14.0. The highest BCUT2D eigenvalue weighted by Gasteiger charge is 2.35. The van der Waals surface area contributed by atoms with Crippen LogP contribution in [0.3, 0.4) is 0 Å². The molecule has 0 spiro atoms. The molecule has 0 amide bonds. The number of hydrogen-bond acceptors (Lipinski definition) is 2. The van der Waals surface area contributed by atoms with Gasteiger partial charge >= 0.3 is 0 Å². The van der Waals surface area contributed by atoms with Crippen molar-refractivity contribution in [3.63, 3.8) is 0 Å². The van der Waals surface area contributed by atoms with Gasteiger partial charge in [-0.25, -0.2) is 0 Å². The van der Waals surface area contributed by atoms with E-state index in [1.807, 2.05) is 0 Å². The van der Waals surface area contributed by atoms with Crippen molar-refractivity contribution < 1.29 is 0 Å². The quantitative estimate of drug-likeness (QED) is 0.749. The minimum Gasteiger partial charge on any atom is -0.315 e. The van der Waals surface area contributed by atoms with Gasteiger partial charge in [-0.1, -0.05) is 27.7 Å². The lowest BCUT2D eigenvalue weighted by atomic mass is 9.82. The number of nitrogens with zero attached hydrogens (tertiary/aromatic N) is 1. The van der Waals surface area contributed by atoms with Gasteiger partial charge in [0.1, 0.15) is 0 Å².